The summed E-state index contributed by atoms with van der Waals surface area (Å²) >= 11 is 0. The number of aromatic nitrogens is 2. The molecule has 0 atom stereocenters. The molecule has 7 nitrogen and oxygen atoms in total. The Labute approximate surface area is 105 Å². The van der Waals surface area contributed by atoms with E-state index >= 15 is 0 Å². The van der Waals surface area contributed by atoms with Gasteiger partial charge in [-0.3, -0.25) is 10.1 Å². The summed E-state index contributed by atoms with van der Waals surface area (Å²) in [4.78, 5) is 18.4. The third kappa shape index (κ3) is 2.34. The van der Waals surface area contributed by atoms with Crippen molar-refractivity contribution in [3.8, 4) is 0 Å². The van der Waals surface area contributed by atoms with Gasteiger partial charge in [-0.1, -0.05) is 12.8 Å². The predicted molar refractivity (Wildman–Crippen MR) is 68.3 cm³/mol. The van der Waals surface area contributed by atoms with Crippen molar-refractivity contribution in [2.24, 2.45) is 0 Å². The van der Waals surface area contributed by atoms with E-state index in [0.29, 0.717) is 0 Å². The Bertz CT molecular complexity index is 483. The number of nitrogen functional groups attached to an aromatic ring is 1. The van der Waals surface area contributed by atoms with Crippen LogP contribution in [0.2, 0.25) is 0 Å². The van der Waals surface area contributed by atoms with E-state index in [1.54, 1.807) is 6.92 Å². The lowest BCUT2D eigenvalue weighted by atomic mass is 10.0. The lowest BCUT2D eigenvalue weighted by molar-refractivity contribution is -0.385. The standard InChI is InChI=1S/C11H17N5O2/c1-7-8(16(17)18)9(14-10(12)13-7)15-11(2)5-3-4-6-11/h3-6H2,1-2H3,(H3,12,13,14,15). The Morgan fingerprint density at radius 1 is 1.39 bits per heavy atom. The number of hydrogen-bond acceptors (Lipinski definition) is 6. The van der Waals surface area contributed by atoms with Crippen LogP contribution in [-0.2, 0) is 0 Å². The van der Waals surface area contributed by atoms with Gasteiger partial charge in [-0.25, -0.2) is 4.98 Å². The highest BCUT2D eigenvalue weighted by Crippen LogP contribution is 2.35. The largest absolute Gasteiger partial charge is 0.368 e. The zero-order valence-corrected chi connectivity index (χ0v) is 10.6. The fourth-order valence-electron chi connectivity index (χ4n) is 2.46. The van der Waals surface area contributed by atoms with E-state index in [4.69, 9.17) is 5.73 Å². The molecule has 1 aromatic heterocycles. The van der Waals surface area contributed by atoms with Gasteiger partial charge in [0, 0.05) is 5.54 Å². The molecule has 1 saturated carbocycles. The summed E-state index contributed by atoms with van der Waals surface area (Å²) in [5.41, 5.74) is 5.62. The molecule has 18 heavy (non-hydrogen) atoms. The Morgan fingerprint density at radius 3 is 2.56 bits per heavy atom. The van der Waals surface area contributed by atoms with E-state index in [1.807, 2.05) is 0 Å². The topological polar surface area (TPSA) is 107 Å². The SMILES string of the molecule is Cc1nc(N)nc(NC2(C)CCCC2)c1[N+](=O)[O-]. The van der Waals surface area contributed by atoms with Crippen LogP contribution in [-0.4, -0.2) is 20.4 Å². The van der Waals surface area contributed by atoms with E-state index in [0.717, 1.165) is 25.7 Å². The van der Waals surface area contributed by atoms with Crippen LogP contribution in [0.5, 0.6) is 0 Å². The third-order valence-electron chi connectivity index (χ3n) is 3.39. The summed E-state index contributed by atoms with van der Waals surface area (Å²) in [6.07, 6.45) is 4.20. The first-order valence-electron chi connectivity index (χ1n) is 5.98. The summed E-state index contributed by atoms with van der Waals surface area (Å²) in [7, 11) is 0. The molecule has 0 saturated heterocycles. The van der Waals surface area contributed by atoms with Gasteiger partial charge in [0.25, 0.3) is 0 Å². The molecule has 1 fully saturated rings. The average molecular weight is 251 g/mol. The second kappa shape index (κ2) is 4.40. The molecule has 0 amide bonds. The number of nitrogens with zero attached hydrogens (tertiary/aromatic N) is 3. The van der Waals surface area contributed by atoms with Gasteiger partial charge in [-0.2, -0.15) is 4.98 Å². The molecule has 0 bridgehead atoms. The Hall–Kier alpha value is -1.92. The summed E-state index contributed by atoms with van der Waals surface area (Å²) in [6.45, 7) is 3.62. The van der Waals surface area contributed by atoms with Crippen LogP contribution in [0.4, 0.5) is 17.5 Å². The van der Waals surface area contributed by atoms with Crippen molar-refractivity contribution >= 4 is 17.5 Å². The molecule has 7 heteroatoms. The zero-order valence-electron chi connectivity index (χ0n) is 10.6. The van der Waals surface area contributed by atoms with Gasteiger partial charge in [-0.15, -0.1) is 0 Å². The summed E-state index contributed by atoms with van der Waals surface area (Å²) in [5.74, 6) is 0.289. The van der Waals surface area contributed by atoms with E-state index in [9.17, 15) is 10.1 Å². The van der Waals surface area contributed by atoms with Gasteiger partial charge in [0.15, 0.2) is 0 Å². The molecule has 0 radical (unpaired) electrons. The van der Waals surface area contributed by atoms with Crippen molar-refractivity contribution in [3.05, 3.63) is 15.8 Å². The zero-order chi connectivity index (χ0) is 13.3. The number of rotatable bonds is 3. The Kier molecular flexibility index (Phi) is 3.06. The fraction of sp³-hybridized carbons (Fsp3) is 0.636. The van der Waals surface area contributed by atoms with Gasteiger partial charge in [0.05, 0.1) is 4.92 Å². The fourth-order valence-corrected chi connectivity index (χ4v) is 2.46. The second-order valence-electron chi connectivity index (χ2n) is 5.01. The first-order valence-corrected chi connectivity index (χ1v) is 5.98. The maximum Gasteiger partial charge on any atom is 0.332 e. The van der Waals surface area contributed by atoms with Crippen LogP contribution >= 0.6 is 0 Å². The van der Waals surface area contributed by atoms with Crippen molar-refractivity contribution in [1.29, 1.82) is 0 Å². The number of anilines is 2. The summed E-state index contributed by atoms with van der Waals surface area (Å²) in [5, 5.41) is 14.3. The Morgan fingerprint density at radius 2 is 2.00 bits per heavy atom. The lowest BCUT2D eigenvalue weighted by Gasteiger charge is -2.25. The second-order valence-corrected chi connectivity index (χ2v) is 5.01. The molecule has 1 aliphatic rings. The lowest BCUT2D eigenvalue weighted by Crippen LogP contribution is -2.32. The Balaban J connectivity index is 2.39. The van der Waals surface area contributed by atoms with Crippen molar-refractivity contribution in [3.63, 3.8) is 0 Å². The molecule has 2 rings (SSSR count). The number of aryl methyl sites for hydroxylation is 1. The van der Waals surface area contributed by atoms with E-state index < -0.39 is 4.92 Å². The number of nitro groups is 1. The van der Waals surface area contributed by atoms with Crippen LogP contribution in [0.1, 0.15) is 38.3 Å². The van der Waals surface area contributed by atoms with Crippen LogP contribution in [0.3, 0.4) is 0 Å². The molecule has 1 heterocycles. The van der Waals surface area contributed by atoms with Crippen LogP contribution < -0.4 is 11.1 Å². The first kappa shape index (κ1) is 12.5. The van der Waals surface area contributed by atoms with Crippen LogP contribution in [0.15, 0.2) is 0 Å². The summed E-state index contributed by atoms with van der Waals surface area (Å²) < 4.78 is 0. The highest BCUT2D eigenvalue weighted by atomic mass is 16.6. The normalized spacial score (nSPS) is 17.7. The van der Waals surface area contributed by atoms with E-state index in [1.165, 1.54) is 0 Å². The molecule has 0 aliphatic heterocycles. The maximum absolute atomic E-state index is 11.1. The first-order chi connectivity index (χ1) is 8.41. The molecular formula is C11H17N5O2. The molecule has 1 aliphatic carbocycles. The molecule has 0 unspecified atom stereocenters. The van der Waals surface area contributed by atoms with Crippen molar-refractivity contribution in [2.45, 2.75) is 45.1 Å². The molecule has 3 N–H and O–H groups in total. The molecular weight excluding hydrogens is 234 g/mol. The molecule has 1 aromatic rings. The molecule has 98 valence electrons. The van der Waals surface area contributed by atoms with E-state index in [2.05, 4.69) is 22.2 Å². The van der Waals surface area contributed by atoms with Gasteiger partial charge < -0.3 is 11.1 Å². The molecule has 0 aromatic carbocycles. The minimum absolute atomic E-state index is 0.0576. The maximum atomic E-state index is 11.1. The van der Waals surface area contributed by atoms with Crippen molar-refractivity contribution < 1.29 is 4.92 Å². The minimum atomic E-state index is -0.463. The third-order valence-corrected chi connectivity index (χ3v) is 3.39. The number of hydrogen-bond donors (Lipinski definition) is 2. The van der Waals surface area contributed by atoms with Gasteiger partial charge >= 0.3 is 5.69 Å². The highest BCUT2D eigenvalue weighted by Gasteiger charge is 2.32. The number of nitrogens with two attached hydrogens (primary N) is 1. The van der Waals surface area contributed by atoms with Crippen LogP contribution in [0.25, 0.3) is 0 Å². The van der Waals surface area contributed by atoms with E-state index in [-0.39, 0.29) is 28.7 Å². The smallest absolute Gasteiger partial charge is 0.332 e. The number of nitrogens with one attached hydrogen (secondary N) is 1. The highest BCUT2D eigenvalue weighted by molar-refractivity contribution is 5.61. The van der Waals surface area contributed by atoms with Gasteiger partial charge in [-0.05, 0) is 26.7 Å². The quantitative estimate of drug-likeness (QED) is 0.628. The summed E-state index contributed by atoms with van der Waals surface area (Å²) in [6, 6.07) is 0. The predicted octanol–water partition coefficient (Wildman–Crippen LogP) is 2.02. The average Bonchev–Trinajstić information content (AvgIpc) is 2.62. The molecule has 0 spiro atoms. The van der Waals surface area contributed by atoms with Gasteiger partial charge in [0.1, 0.15) is 5.69 Å². The van der Waals surface area contributed by atoms with Crippen molar-refractivity contribution in [2.75, 3.05) is 11.1 Å². The van der Waals surface area contributed by atoms with Crippen LogP contribution in [0, 0.1) is 17.0 Å². The minimum Gasteiger partial charge on any atom is -0.368 e. The van der Waals surface area contributed by atoms with Crippen molar-refractivity contribution in [1.82, 2.24) is 9.97 Å². The monoisotopic (exact) mass is 251 g/mol. The van der Waals surface area contributed by atoms with Gasteiger partial charge in [0.2, 0.25) is 11.8 Å².